The number of nitrogens with zero attached hydrogens (tertiary/aromatic N) is 1. The fourth-order valence-electron chi connectivity index (χ4n) is 2.50. The van der Waals surface area contributed by atoms with Gasteiger partial charge in [-0.1, -0.05) is 23.7 Å². The molecule has 1 amide bonds. The molecule has 1 aromatic carbocycles. The second kappa shape index (κ2) is 10.7. The fourth-order valence-corrected chi connectivity index (χ4v) is 2.68. The molecule has 1 aliphatic rings. The average Bonchev–Trinajstić information content (AvgIpc) is 2.55. The van der Waals surface area contributed by atoms with E-state index in [-0.39, 0.29) is 18.1 Å². The summed E-state index contributed by atoms with van der Waals surface area (Å²) in [5.74, 6) is -3.66. The van der Waals surface area contributed by atoms with Gasteiger partial charge in [0.05, 0.1) is 22.9 Å². The van der Waals surface area contributed by atoms with Crippen LogP contribution < -0.4 is 5.32 Å². The van der Waals surface area contributed by atoms with Gasteiger partial charge >= 0.3 is 11.9 Å². The molecule has 0 spiro atoms. The normalized spacial score (nSPS) is 19.8. The molecule has 1 fully saturated rings. The first kappa shape index (κ1) is 21.9. The number of carboxylic acids is 2. The van der Waals surface area contributed by atoms with Crippen LogP contribution in [0.15, 0.2) is 24.3 Å². The summed E-state index contributed by atoms with van der Waals surface area (Å²) in [7, 11) is 0. The highest BCUT2D eigenvalue weighted by Gasteiger charge is 2.22. The first-order chi connectivity index (χ1) is 12.2. The zero-order chi connectivity index (χ0) is 19.7. The van der Waals surface area contributed by atoms with Crippen molar-refractivity contribution in [1.29, 1.82) is 0 Å². The van der Waals surface area contributed by atoms with Crippen molar-refractivity contribution in [3.05, 3.63) is 29.3 Å². The number of benzene rings is 1. The smallest absolute Gasteiger partial charge is 0.414 e. The Kier molecular flexibility index (Phi) is 9.04. The molecule has 3 N–H and O–H groups in total. The van der Waals surface area contributed by atoms with Gasteiger partial charge in [-0.15, -0.1) is 0 Å². The molecule has 1 aromatic rings. The number of ether oxygens (including phenoxy) is 1. The summed E-state index contributed by atoms with van der Waals surface area (Å²) in [5.41, 5.74) is 0.669. The topological polar surface area (TPSA) is 116 Å². The van der Waals surface area contributed by atoms with Crippen molar-refractivity contribution in [3.63, 3.8) is 0 Å². The van der Waals surface area contributed by atoms with E-state index in [2.05, 4.69) is 24.1 Å². The van der Waals surface area contributed by atoms with E-state index >= 15 is 0 Å². The van der Waals surface area contributed by atoms with Gasteiger partial charge in [0.2, 0.25) is 5.91 Å². The zero-order valence-electron chi connectivity index (χ0n) is 14.6. The maximum Gasteiger partial charge on any atom is 0.414 e. The lowest BCUT2D eigenvalue weighted by molar-refractivity contribution is -0.159. The van der Waals surface area contributed by atoms with Gasteiger partial charge in [0.25, 0.3) is 0 Å². The molecule has 1 saturated heterocycles. The number of hydrogen-bond donors (Lipinski definition) is 3. The Bertz CT molecular complexity index is 617. The molecule has 1 heterocycles. The number of halogens is 1. The zero-order valence-corrected chi connectivity index (χ0v) is 15.4. The molecule has 2 rings (SSSR count). The van der Waals surface area contributed by atoms with Crippen LogP contribution in [0.5, 0.6) is 0 Å². The molecular weight excluding hydrogens is 364 g/mol. The number of para-hydroxylation sites is 1. The lowest BCUT2D eigenvalue weighted by atomic mass is 10.2. The molecule has 9 heteroatoms. The maximum absolute atomic E-state index is 11.9. The summed E-state index contributed by atoms with van der Waals surface area (Å²) in [6.07, 6.45) is 0.917. The van der Waals surface area contributed by atoms with Crippen molar-refractivity contribution < 1.29 is 29.3 Å². The number of rotatable bonds is 4. The number of carbonyl (C=O) groups is 3. The Morgan fingerprint density at radius 2 is 1.69 bits per heavy atom. The highest BCUT2D eigenvalue weighted by molar-refractivity contribution is 6.33. The van der Waals surface area contributed by atoms with Crippen molar-refractivity contribution in [2.75, 3.05) is 25.0 Å². The molecule has 26 heavy (non-hydrogen) atoms. The summed E-state index contributed by atoms with van der Waals surface area (Å²) in [6.45, 7) is 6.63. The predicted octanol–water partition coefficient (Wildman–Crippen LogP) is 1.93. The van der Waals surface area contributed by atoms with Crippen LogP contribution in [0.2, 0.25) is 5.02 Å². The SMILES string of the molecule is CC1CN(CCC(=O)Nc2ccccc2Cl)CC(C)O1.O=C(O)C(=O)O. The second-order valence-corrected chi connectivity index (χ2v) is 6.31. The number of amides is 1. The second-order valence-electron chi connectivity index (χ2n) is 5.91. The molecule has 1 aliphatic heterocycles. The average molecular weight is 387 g/mol. The molecule has 0 bridgehead atoms. The van der Waals surface area contributed by atoms with E-state index in [1.807, 2.05) is 12.1 Å². The van der Waals surface area contributed by atoms with Gasteiger partial charge in [-0.2, -0.15) is 0 Å². The molecule has 0 aliphatic carbocycles. The molecule has 0 saturated carbocycles. The van der Waals surface area contributed by atoms with Gasteiger partial charge in [-0.3, -0.25) is 9.69 Å². The van der Waals surface area contributed by atoms with Gasteiger partial charge in [0, 0.05) is 26.1 Å². The van der Waals surface area contributed by atoms with E-state index in [1.54, 1.807) is 12.1 Å². The van der Waals surface area contributed by atoms with Crippen LogP contribution in [0.25, 0.3) is 0 Å². The van der Waals surface area contributed by atoms with E-state index in [9.17, 15) is 4.79 Å². The Labute approximate surface area is 156 Å². The number of aliphatic carboxylic acids is 2. The van der Waals surface area contributed by atoms with E-state index in [4.69, 9.17) is 36.1 Å². The minimum absolute atomic E-state index is 0.00935. The van der Waals surface area contributed by atoms with Crippen molar-refractivity contribution in [2.45, 2.75) is 32.5 Å². The maximum atomic E-state index is 11.9. The lowest BCUT2D eigenvalue weighted by Gasteiger charge is -2.35. The molecule has 0 radical (unpaired) electrons. The summed E-state index contributed by atoms with van der Waals surface area (Å²) in [5, 5.41) is 18.2. The number of carboxylic acid groups (broad SMARTS) is 2. The lowest BCUT2D eigenvalue weighted by Crippen LogP contribution is -2.46. The van der Waals surface area contributed by atoms with Crippen LogP contribution in [0.1, 0.15) is 20.3 Å². The number of hydrogen-bond acceptors (Lipinski definition) is 5. The van der Waals surface area contributed by atoms with E-state index in [1.165, 1.54) is 0 Å². The molecule has 2 unspecified atom stereocenters. The van der Waals surface area contributed by atoms with E-state index < -0.39 is 11.9 Å². The molecule has 8 nitrogen and oxygen atoms in total. The number of anilines is 1. The highest BCUT2D eigenvalue weighted by Crippen LogP contribution is 2.20. The standard InChI is InChI=1S/C15H21ClN2O2.C2H2O4/c1-11-9-18(10-12(2)20-11)8-7-15(19)17-14-6-4-3-5-13(14)16;3-1(4)2(5)6/h3-6,11-12H,7-10H2,1-2H3,(H,17,19);(H,3,4)(H,5,6). The molecule has 0 aromatic heterocycles. The summed E-state index contributed by atoms with van der Waals surface area (Å²) < 4.78 is 5.67. The Hall–Kier alpha value is -2.16. The van der Waals surface area contributed by atoms with Crippen LogP contribution in [0.4, 0.5) is 5.69 Å². The van der Waals surface area contributed by atoms with E-state index in [0.29, 0.717) is 17.1 Å². The third-order valence-corrected chi connectivity index (χ3v) is 3.81. The van der Waals surface area contributed by atoms with Crippen LogP contribution in [0, 0.1) is 0 Å². The monoisotopic (exact) mass is 386 g/mol. The molecular formula is C17H23ClN2O6. The molecule has 144 valence electrons. The quantitative estimate of drug-likeness (QED) is 0.677. The predicted molar refractivity (Wildman–Crippen MR) is 96.4 cm³/mol. The minimum Gasteiger partial charge on any atom is -0.473 e. The number of morpholine rings is 1. The third kappa shape index (κ3) is 8.28. The van der Waals surface area contributed by atoms with Gasteiger partial charge in [0.15, 0.2) is 0 Å². The first-order valence-corrected chi connectivity index (χ1v) is 8.45. The van der Waals surface area contributed by atoms with Crippen molar-refractivity contribution in [3.8, 4) is 0 Å². The summed E-state index contributed by atoms with van der Waals surface area (Å²) >= 11 is 6.01. The fraction of sp³-hybridized carbons (Fsp3) is 0.471. The van der Waals surface area contributed by atoms with Crippen LogP contribution >= 0.6 is 11.6 Å². The van der Waals surface area contributed by atoms with Gasteiger partial charge in [-0.25, -0.2) is 9.59 Å². The Balaban J connectivity index is 0.000000487. The van der Waals surface area contributed by atoms with Gasteiger partial charge in [-0.05, 0) is 26.0 Å². The molecule has 2 atom stereocenters. The Morgan fingerprint density at radius 1 is 1.15 bits per heavy atom. The third-order valence-electron chi connectivity index (χ3n) is 3.48. The number of carbonyl (C=O) groups excluding carboxylic acids is 1. The van der Waals surface area contributed by atoms with Crippen LogP contribution in [-0.2, 0) is 19.1 Å². The summed E-state index contributed by atoms with van der Waals surface area (Å²) in [6, 6.07) is 7.27. The van der Waals surface area contributed by atoms with Crippen molar-refractivity contribution in [1.82, 2.24) is 4.90 Å². The largest absolute Gasteiger partial charge is 0.473 e. The van der Waals surface area contributed by atoms with E-state index in [0.717, 1.165) is 19.6 Å². The van der Waals surface area contributed by atoms with Crippen LogP contribution in [-0.4, -0.2) is 64.8 Å². The van der Waals surface area contributed by atoms with Crippen molar-refractivity contribution in [2.24, 2.45) is 0 Å². The first-order valence-electron chi connectivity index (χ1n) is 8.07. The van der Waals surface area contributed by atoms with Crippen LogP contribution in [0.3, 0.4) is 0 Å². The Morgan fingerprint density at radius 3 is 2.19 bits per heavy atom. The minimum atomic E-state index is -1.82. The summed E-state index contributed by atoms with van der Waals surface area (Å²) in [4.78, 5) is 32.4. The van der Waals surface area contributed by atoms with Crippen molar-refractivity contribution >= 4 is 35.1 Å². The number of nitrogens with one attached hydrogen (secondary N) is 1. The van der Waals surface area contributed by atoms with Gasteiger partial charge in [0.1, 0.15) is 0 Å². The highest BCUT2D eigenvalue weighted by atomic mass is 35.5. The van der Waals surface area contributed by atoms with Gasteiger partial charge < -0.3 is 20.3 Å².